The molecule has 0 N–H and O–H groups in total. The van der Waals surface area contributed by atoms with Gasteiger partial charge in [0.25, 0.3) is 5.91 Å². The van der Waals surface area contributed by atoms with Crippen LogP contribution in [0.15, 0.2) is 53.4 Å². The van der Waals surface area contributed by atoms with Gasteiger partial charge in [-0.05, 0) is 36.8 Å². The summed E-state index contributed by atoms with van der Waals surface area (Å²) in [7, 11) is -2.04. The molecule has 7 nitrogen and oxygen atoms in total. The van der Waals surface area contributed by atoms with Crippen molar-refractivity contribution in [1.29, 1.82) is 0 Å². The molecule has 1 fully saturated rings. The molecule has 1 amide bonds. The highest BCUT2D eigenvalue weighted by Crippen LogP contribution is 2.19. The van der Waals surface area contributed by atoms with Crippen LogP contribution in [0.25, 0.3) is 0 Å². The zero-order chi connectivity index (χ0) is 21.0. The van der Waals surface area contributed by atoms with Crippen molar-refractivity contribution < 1.29 is 22.7 Å². The molecule has 0 saturated carbocycles. The number of piperazine rings is 1. The van der Waals surface area contributed by atoms with Crippen molar-refractivity contribution in [2.75, 3.05) is 33.3 Å². The molecule has 1 heterocycles. The van der Waals surface area contributed by atoms with E-state index in [-0.39, 0.29) is 29.7 Å². The molecule has 2 aromatic carbocycles. The van der Waals surface area contributed by atoms with Gasteiger partial charge in [0.2, 0.25) is 10.0 Å². The standard InChI is InChI=1S/C21H24N2O5S/c1-16(24)18-7-9-20(10-8-18)29(26,27)23-13-11-22(12-14-23)21(25)19-5-3-17(4-6-19)15-28-2/h3-10H,11-15H2,1-2H3. The van der Waals surface area contributed by atoms with Gasteiger partial charge in [-0.1, -0.05) is 24.3 Å². The summed E-state index contributed by atoms with van der Waals surface area (Å²) in [6, 6.07) is 13.2. The van der Waals surface area contributed by atoms with Crippen molar-refractivity contribution in [3.63, 3.8) is 0 Å². The number of sulfonamides is 1. The second kappa shape index (κ2) is 8.86. The maximum Gasteiger partial charge on any atom is 0.253 e. The highest BCUT2D eigenvalue weighted by atomic mass is 32.2. The Morgan fingerprint density at radius 1 is 0.897 bits per heavy atom. The van der Waals surface area contributed by atoms with E-state index in [9.17, 15) is 18.0 Å². The number of rotatable bonds is 6. The van der Waals surface area contributed by atoms with E-state index in [1.165, 1.54) is 35.5 Å². The third kappa shape index (κ3) is 4.72. The summed E-state index contributed by atoms with van der Waals surface area (Å²) in [6.07, 6.45) is 0. The van der Waals surface area contributed by atoms with Crippen LogP contribution in [-0.2, 0) is 21.4 Å². The molecule has 0 radical (unpaired) electrons. The molecule has 0 unspecified atom stereocenters. The summed E-state index contributed by atoms with van der Waals surface area (Å²) in [5, 5.41) is 0. The number of hydrogen-bond donors (Lipinski definition) is 0. The Hall–Kier alpha value is -2.55. The molecule has 1 aliphatic rings. The second-order valence-electron chi connectivity index (χ2n) is 6.91. The van der Waals surface area contributed by atoms with Gasteiger partial charge in [0.05, 0.1) is 11.5 Å². The molecule has 1 saturated heterocycles. The minimum Gasteiger partial charge on any atom is -0.380 e. The van der Waals surface area contributed by atoms with Gasteiger partial charge in [0, 0.05) is 44.4 Å². The van der Waals surface area contributed by atoms with Crippen molar-refractivity contribution in [3.05, 3.63) is 65.2 Å². The normalized spacial score (nSPS) is 15.3. The number of carbonyl (C=O) groups is 2. The van der Waals surface area contributed by atoms with E-state index >= 15 is 0 Å². The van der Waals surface area contributed by atoms with E-state index < -0.39 is 10.0 Å². The van der Waals surface area contributed by atoms with Gasteiger partial charge in [-0.25, -0.2) is 8.42 Å². The first-order valence-electron chi connectivity index (χ1n) is 9.31. The lowest BCUT2D eigenvalue weighted by atomic mass is 10.1. The van der Waals surface area contributed by atoms with Gasteiger partial charge in [0.1, 0.15) is 0 Å². The number of ether oxygens (including phenoxy) is 1. The van der Waals surface area contributed by atoms with Gasteiger partial charge < -0.3 is 9.64 Å². The number of methoxy groups -OCH3 is 1. The van der Waals surface area contributed by atoms with Crippen molar-refractivity contribution in [2.45, 2.75) is 18.4 Å². The zero-order valence-corrected chi connectivity index (χ0v) is 17.3. The summed E-state index contributed by atoms with van der Waals surface area (Å²) in [5.74, 6) is -0.229. The Kier molecular flexibility index (Phi) is 6.46. The molecule has 0 aliphatic carbocycles. The molecule has 1 aliphatic heterocycles. The van der Waals surface area contributed by atoms with Crippen molar-refractivity contribution in [3.8, 4) is 0 Å². The van der Waals surface area contributed by atoms with Crippen LogP contribution in [0.5, 0.6) is 0 Å². The Morgan fingerprint density at radius 3 is 1.97 bits per heavy atom. The third-order valence-corrected chi connectivity index (χ3v) is 6.85. The molecular formula is C21H24N2O5S. The average Bonchev–Trinajstić information content (AvgIpc) is 2.74. The lowest BCUT2D eigenvalue weighted by molar-refractivity contribution is 0.0697. The maximum atomic E-state index is 12.8. The summed E-state index contributed by atoms with van der Waals surface area (Å²) < 4.78 is 32.1. The lowest BCUT2D eigenvalue weighted by Crippen LogP contribution is -2.50. The Balaban J connectivity index is 1.64. The van der Waals surface area contributed by atoms with E-state index in [4.69, 9.17) is 4.74 Å². The van der Waals surface area contributed by atoms with Crippen LogP contribution in [0, 0.1) is 0 Å². The van der Waals surface area contributed by atoms with Crippen molar-refractivity contribution in [2.24, 2.45) is 0 Å². The van der Waals surface area contributed by atoms with Crippen LogP contribution < -0.4 is 0 Å². The summed E-state index contributed by atoms with van der Waals surface area (Å²) in [5.41, 5.74) is 2.02. The number of Topliss-reactive ketones (excluding diaryl/α,β-unsaturated/α-hetero) is 1. The Bertz CT molecular complexity index is 977. The molecule has 29 heavy (non-hydrogen) atoms. The predicted octanol–water partition coefficient (Wildman–Crippen LogP) is 2.18. The van der Waals surface area contributed by atoms with Crippen LogP contribution >= 0.6 is 0 Å². The number of hydrogen-bond acceptors (Lipinski definition) is 5. The number of benzene rings is 2. The van der Waals surface area contributed by atoms with Crippen LogP contribution in [0.2, 0.25) is 0 Å². The number of amides is 1. The molecule has 154 valence electrons. The van der Waals surface area contributed by atoms with Gasteiger partial charge in [0.15, 0.2) is 5.78 Å². The third-order valence-electron chi connectivity index (χ3n) is 4.94. The van der Waals surface area contributed by atoms with E-state index in [0.29, 0.717) is 30.8 Å². The van der Waals surface area contributed by atoms with Crippen molar-refractivity contribution in [1.82, 2.24) is 9.21 Å². The quantitative estimate of drug-likeness (QED) is 0.674. The highest BCUT2D eigenvalue weighted by molar-refractivity contribution is 7.89. The van der Waals surface area contributed by atoms with E-state index in [1.54, 1.807) is 24.1 Å². The number of carbonyl (C=O) groups excluding carboxylic acids is 2. The van der Waals surface area contributed by atoms with Gasteiger partial charge in [-0.3, -0.25) is 9.59 Å². The number of nitrogens with zero attached hydrogens (tertiary/aromatic N) is 2. The minimum atomic E-state index is -3.66. The fourth-order valence-corrected chi connectivity index (χ4v) is 4.66. The molecule has 0 spiro atoms. The Morgan fingerprint density at radius 2 is 1.45 bits per heavy atom. The fraction of sp³-hybridized carbons (Fsp3) is 0.333. The van der Waals surface area contributed by atoms with Crippen molar-refractivity contribution >= 4 is 21.7 Å². The Labute approximate surface area is 170 Å². The second-order valence-corrected chi connectivity index (χ2v) is 8.84. The largest absolute Gasteiger partial charge is 0.380 e. The first-order chi connectivity index (χ1) is 13.8. The number of ketones is 1. The SMILES string of the molecule is COCc1ccc(C(=O)N2CCN(S(=O)(=O)c3ccc(C(C)=O)cc3)CC2)cc1. The van der Waals surface area contributed by atoms with E-state index in [1.807, 2.05) is 12.1 Å². The highest BCUT2D eigenvalue weighted by Gasteiger charge is 2.30. The summed E-state index contributed by atoms with van der Waals surface area (Å²) in [6.45, 7) is 3.02. The lowest BCUT2D eigenvalue weighted by Gasteiger charge is -2.34. The molecule has 3 rings (SSSR count). The van der Waals surface area contributed by atoms with Gasteiger partial charge in [-0.2, -0.15) is 4.31 Å². The van der Waals surface area contributed by atoms with Gasteiger partial charge in [-0.15, -0.1) is 0 Å². The zero-order valence-electron chi connectivity index (χ0n) is 16.5. The van der Waals surface area contributed by atoms with Gasteiger partial charge >= 0.3 is 0 Å². The topological polar surface area (TPSA) is 84.0 Å². The van der Waals surface area contributed by atoms with Crippen LogP contribution in [0.1, 0.15) is 33.2 Å². The van der Waals surface area contributed by atoms with Crippen LogP contribution in [0.3, 0.4) is 0 Å². The maximum absolute atomic E-state index is 12.8. The molecule has 0 aromatic heterocycles. The van der Waals surface area contributed by atoms with Crippen LogP contribution in [-0.4, -0.2) is 62.6 Å². The fourth-order valence-electron chi connectivity index (χ4n) is 3.24. The molecule has 2 aromatic rings. The summed E-state index contributed by atoms with van der Waals surface area (Å²) >= 11 is 0. The molecule has 8 heteroatoms. The van der Waals surface area contributed by atoms with Crippen LogP contribution in [0.4, 0.5) is 0 Å². The predicted molar refractivity (Wildman–Crippen MR) is 108 cm³/mol. The smallest absolute Gasteiger partial charge is 0.253 e. The minimum absolute atomic E-state index is 0.114. The molecule has 0 bridgehead atoms. The average molecular weight is 416 g/mol. The van der Waals surface area contributed by atoms with E-state index in [2.05, 4.69) is 0 Å². The first kappa shape index (κ1) is 21.2. The molecule has 0 atom stereocenters. The first-order valence-corrected chi connectivity index (χ1v) is 10.8. The van der Waals surface area contributed by atoms with E-state index in [0.717, 1.165) is 5.56 Å². The molecular weight excluding hydrogens is 392 g/mol. The monoisotopic (exact) mass is 416 g/mol. The summed E-state index contributed by atoms with van der Waals surface area (Å²) in [4.78, 5) is 25.9.